The number of likely N-dealkylation sites (tertiary alicyclic amines) is 1. The Labute approximate surface area is 219 Å². The van der Waals surface area contributed by atoms with Gasteiger partial charge < -0.3 is 14.6 Å². The topological polar surface area (TPSA) is 71.9 Å². The first-order valence-electron chi connectivity index (χ1n) is 14.1. The van der Waals surface area contributed by atoms with E-state index < -0.39 is 17.8 Å². The van der Waals surface area contributed by atoms with Crippen LogP contribution in [0.2, 0.25) is 0 Å². The van der Waals surface area contributed by atoms with Crippen LogP contribution in [-0.4, -0.2) is 53.4 Å². The van der Waals surface area contributed by atoms with Gasteiger partial charge in [0.25, 0.3) is 0 Å². The molecular weight excluding hydrogens is 471 g/mol. The lowest BCUT2D eigenvalue weighted by molar-refractivity contribution is -0.143. The van der Waals surface area contributed by atoms with Crippen LogP contribution in [0.4, 0.5) is 4.39 Å². The summed E-state index contributed by atoms with van der Waals surface area (Å²) in [6.45, 7) is 2.46. The number of aliphatic carboxylic acids is 1. The van der Waals surface area contributed by atoms with Gasteiger partial charge in [-0.05, 0) is 106 Å². The summed E-state index contributed by atoms with van der Waals surface area (Å²) in [4.78, 5) is 19.2. The van der Waals surface area contributed by atoms with Crippen molar-refractivity contribution in [2.75, 3.05) is 26.3 Å². The predicted molar refractivity (Wildman–Crippen MR) is 139 cm³/mol. The second-order valence-electron chi connectivity index (χ2n) is 10.7. The molecule has 0 amide bonds. The molecule has 2 unspecified atom stereocenters. The zero-order chi connectivity index (χ0) is 25.6. The third kappa shape index (κ3) is 6.57. The second kappa shape index (κ2) is 12.5. The van der Waals surface area contributed by atoms with E-state index in [9.17, 15) is 14.3 Å². The Kier molecular flexibility index (Phi) is 8.85. The van der Waals surface area contributed by atoms with Crippen molar-refractivity contribution in [2.45, 2.75) is 88.9 Å². The maximum Gasteiger partial charge on any atom is 0.325 e. The van der Waals surface area contributed by atoms with Gasteiger partial charge in [-0.2, -0.15) is 0 Å². The normalized spacial score (nSPS) is 23.1. The number of halogens is 1. The van der Waals surface area contributed by atoms with E-state index in [0.29, 0.717) is 31.9 Å². The Bertz CT molecular complexity index is 1070. The molecule has 7 heteroatoms. The van der Waals surface area contributed by atoms with Gasteiger partial charge in [0.05, 0.1) is 12.2 Å². The zero-order valence-electron chi connectivity index (χ0n) is 21.7. The van der Waals surface area contributed by atoms with Crippen molar-refractivity contribution in [1.29, 1.82) is 0 Å². The number of aromatic nitrogens is 1. The molecule has 6 nitrogen and oxygen atoms in total. The van der Waals surface area contributed by atoms with Gasteiger partial charge in [0.2, 0.25) is 0 Å². The number of ether oxygens (including phenoxy) is 2. The maximum atomic E-state index is 14.3. The summed E-state index contributed by atoms with van der Waals surface area (Å²) in [5.74, 6) is -1.37. The molecule has 2 aliphatic heterocycles. The van der Waals surface area contributed by atoms with Crippen LogP contribution < -0.4 is 0 Å². The lowest BCUT2D eigenvalue weighted by Crippen LogP contribution is -2.34. The van der Waals surface area contributed by atoms with Gasteiger partial charge in [-0.25, -0.2) is 4.39 Å². The van der Waals surface area contributed by atoms with Crippen molar-refractivity contribution in [1.82, 2.24) is 9.88 Å². The molecule has 0 spiro atoms. The SMILES string of the molecule is O=C(O)C(c1cc(F)ccc1C1CCCCO1)N1CC[C@@H](OCCCCc2ccc3c(n2)CCCC3)C1. The standard InChI is InChI=1S/C30H39FN2O4/c31-22-12-14-25(28-10-4-6-18-37-28)26(19-22)29(30(34)35)33-16-15-24(20-33)36-17-5-3-8-23-13-11-21-7-1-2-9-27(21)32-23/h11-14,19,24,28-29H,1-10,15-18,20H2,(H,34,35)/t24-,28?,29?/m1/s1. The number of hydrogen-bond acceptors (Lipinski definition) is 5. The van der Waals surface area contributed by atoms with Crippen LogP contribution in [0, 0.1) is 5.82 Å². The largest absolute Gasteiger partial charge is 0.480 e. The van der Waals surface area contributed by atoms with Crippen molar-refractivity contribution in [3.05, 3.63) is 64.2 Å². The van der Waals surface area contributed by atoms with Crippen molar-refractivity contribution in [3.63, 3.8) is 0 Å². The summed E-state index contributed by atoms with van der Waals surface area (Å²) in [7, 11) is 0. The molecule has 2 fully saturated rings. The molecule has 3 heterocycles. The molecule has 37 heavy (non-hydrogen) atoms. The van der Waals surface area contributed by atoms with Crippen LogP contribution in [-0.2, 0) is 33.5 Å². The highest BCUT2D eigenvalue weighted by molar-refractivity contribution is 5.76. The van der Waals surface area contributed by atoms with Crippen molar-refractivity contribution < 1.29 is 23.8 Å². The average Bonchev–Trinajstić information content (AvgIpc) is 3.37. The smallest absolute Gasteiger partial charge is 0.325 e. The van der Waals surface area contributed by atoms with Crippen molar-refractivity contribution >= 4 is 5.97 Å². The Morgan fingerprint density at radius 1 is 1.14 bits per heavy atom. The third-order valence-corrected chi connectivity index (χ3v) is 8.06. The van der Waals surface area contributed by atoms with Crippen LogP contribution in [0.3, 0.4) is 0 Å². The number of benzene rings is 1. The molecule has 1 aliphatic carbocycles. The minimum Gasteiger partial charge on any atom is -0.480 e. The van der Waals surface area contributed by atoms with Gasteiger partial charge in [0, 0.05) is 37.7 Å². The van der Waals surface area contributed by atoms with Crippen LogP contribution in [0.1, 0.15) is 91.6 Å². The molecule has 1 aromatic heterocycles. The summed E-state index contributed by atoms with van der Waals surface area (Å²) in [5, 5.41) is 10.2. The molecule has 1 N–H and O–H groups in total. The summed E-state index contributed by atoms with van der Waals surface area (Å²) in [5.41, 5.74) is 5.19. The number of fused-ring (bicyclic) bond motifs is 1. The van der Waals surface area contributed by atoms with Gasteiger partial charge >= 0.3 is 5.97 Å². The summed E-state index contributed by atoms with van der Waals surface area (Å²) >= 11 is 0. The van der Waals surface area contributed by atoms with E-state index in [4.69, 9.17) is 14.5 Å². The number of hydrogen-bond donors (Lipinski definition) is 1. The fourth-order valence-electron chi connectivity index (χ4n) is 6.10. The van der Waals surface area contributed by atoms with Gasteiger partial charge in [-0.3, -0.25) is 14.7 Å². The first-order valence-corrected chi connectivity index (χ1v) is 14.1. The second-order valence-corrected chi connectivity index (χ2v) is 10.7. The molecule has 200 valence electrons. The molecule has 1 aromatic carbocycles. The summed E-state index contributed by atoms with van der Waals surface area (Å²) in [6.07, 6.45) is 11.2. The van der Waals surface area contributed by atoms with Crippen LogP contribution in [0.25, 0.3) is 0 Å². The highest BCUT2D eigenvalue weighted by Crippen LogP contribution is 2.36. The van der Waals surface area contributed by atoms with Crippen LogP contribution >= 0.6 is 0 Å². The van der Waals surface area contributed by atoms with Gasteiger partial charge in [-0.1, -0.05) is 12.1 Å². The number of nitrogens with zero attached hydrogens (tertiary/aromatic N) is 2. The molecule has 0 saturated carbocycles. The predicted octanol–water partition coefficient (Wildman–Crippen LogP) is 5.58. The van der Waals surface area contributed by atoms with E-state index in [1.807, 2.05) is 4.90 Å². The van der Waals surface area contributed by atoms with E-state index in [0.717, 1.165) is 63.4 Å². The van der Waals surface area contributed by atoms with E-state index in [-0.39, 0.29) is 12.2 Å². The zero-order valence-corrected chi connectivity index (χ0v) is 21.7. The highest BCUT2D eigenvalue weighted by atomic mass is 19.1. The monoisotopic (exact) mass is 510 g/mol. The van der Waals surface area contributed by atoms with E-state index in [1.165, 1.54) is 41.9 Å². The van der Waals surface area contributed by atoms with Crippen LogP contribution in [0.5, 0.6) is 0 Å². The fraction of sp³-hybridized carbons (Fsp3) is 0.600. The number of carboxylic acids is 1. The van der Waals surface area contributed by atoms with Crippen LogP contribution in [0.15, 0.2) is 30.3 Å². The van der Waals surface area contributed by atoms with E-state index in [1.54, 1.807) is 6.07 Å². The quantitative estimate of drug-likeness (QED) is 0.421. The molecule has 5 rings (SSSR count). The molecule has 3 atom stereocenters. The molecule has 0 bridgehead atoms. The number of unbranched alkanes of at least 4 members (excludes halogenated alkanes) is 1. The molecule has 3 aliphatic rings. The number of aryl methyl sites for hydroxylation is 3. The average molecular weight is 511 g/mol. The third-order valence-electron chi connectivity index (χ3n) is 8.06. The maximum absolute atomic E-state index is 14.3. The fourth-order valence-corrected chi connectivity index (χ4v) is 6.10. The number of carbonyl (C=O) groups is 1. The van der Waals surface area contributed by atoms with Gasteiger partial charge in [0.15, 0.2) is 0 Å². The van der Waals surface area contributed by atoms with Crippen molar-refractivity contribution in [3.8, 4) is 0 Å². The van der Waals surface area contributed by atoms with Gasteiger partial charge in [0.1, 0.15) is 11.9 Å². The Balaban J connectivity index is 1.13. The minimum atomic E-state index is -0.958. The number of carboxylic acid groups (broad SMARTS) is 1. The summed E-state index contributed by atoms with van der Waals surface area (Å²) in [6, 6.07) is 8.02. The Morgan fingerprint density at radius 3 is 2.86 bits per heavy atom. The highest BCUT2D eigenvalue weighted by Gasteiger charge is 2.36. The van der Waals surface area contributed by atoms with Gasteiger partial charge in [-0.15, -0.1) is 0 Å². The van der Waals surface area contributed by atoms with E-state index >= 15 is 0 Å². The first kappa shape index (κ1) is 26.3. The number of rotatable bonds is 10. The summed E-state index contributed by atoms with van der Waals surface area (Å²) < 4.78 is 26.3. The Morgan fingerprint density at radius 2 is 2.03 bits per heavy atom. The molecule has 0 radical (unpaired) electrons. The minimum absolute atomic E-state index is 0.00772. The lowest BCUT2D eigenvalue weighted by atomic mass is 9.92. The lowest BCUT2D eigenvalue weighted by Gasteiger charge is -2.30. The van der Waals surface area contributed by atoms with Crippen molar-refractivity contribution in [2.24, 2.45) is 0 Å². The molecule has 2 saturated heterocycles. The van der Waals surface area contributed by atoms with E-state index in [2.05, 4.69) is 12.1 Å². The number of pyridine rings is 1. The molecule has 2 aromatic rings. The first-order chi connectivity index (χ1) is 18.1. The molecular formula is C30H39FN2O4. The Hall–Kier alpha value is -2.35.